The number of anilines is 3. The molecule has 1 unspecified atom stereocenters. The first-order valence-electron chi connectivity index (χ1n) is 8.92. The Hall–Kier alpha value is -2.83. The molecule has 26 heavy (non-hydrogen) atoms. The largest absolute Gasteiger partial charge is 0.374 e. The molecule has 0 radical (unpaired) electrons. The molecular formula is C19H24N4O3. The highest BCUT2D eigenvalue weighted by molar-refractivity contribution is 5.97. The minimum Gasteiger partial charge on any atom is -0.374 e. The van der Waals surface area contributed by atoms with E-state index in [0.29, 0.717) is 18.0 Å². The number of hydrogen-bond acceptors (Lipinski definition) is 5. The molecule has 3 rings (SSSR count). The Morgan fingerprint density at radius 3 is 2.85 bits per heavy atom. The van der Waals surface area contributed by atoms with Crippen molar-refractivity contribution in [3.8, 4) is 0 Å². The third kappa shape index (κ3) is 3.87. The average molecular weight is 356 g/mol. The summed E-state index contributed by atoms with van der Waals surface area (Å²) in [6.07, 6.45) is 2.17. The number of nitrogens with one attached hydrogen (secondary N) is 2. The fraction of sp³-hybridized carbons (Fsp3) is 0.421. The van der Waals surface area contributed by atoms with Crippen LogP contribution >= 0.6 is 0 Å². The second-order valence-corrected chi connectivity index (χ2v) is 6.57. The smallest absolute Gasteiger partial charge is 0.247 e. The van der Waals surface area contributed by atoms with E-state index >= 15 is 0 Å². The highest BCUT2D eigenvalue weighted by Gasteiger charge is 2.24. The molecule has 0 saturated heterocycles. The van der Waals surface area contributed by atoms with Gasteiger partial charge in [0.05, 0.1) is 0 Å². The van der Waals surface area contributed by atoms with Crippen LogP contribution in [0.25, 0.3) is 0 Å². The molecule has 138 valence electrons. The summed E-state index contributed by atoms with van der Waals surface area (Å²) in [7, 11) is 0. The third-order valence-corrected chi connectivity index (χ3v) is 4.38. The molecule has 2 amide bonds. The number of carbonyl (C=O) groups excluding carboxylic acids is 2. The van der Waals surface area contributed by atoms with Gasteiger partial charge in [-0.2, -0.15) is 0 Å². The van der Waals surface area contributed by atoms with Crippen LogP contribution in [0.15, 0.2) is 28.8 Å². The standard InChI is InChI=1S/C19H24N4O3/c1-4-9-23-16-7-6-15(11-14(16)5-8-18(23)24)20-13(3)19(25)21-17-10-12(2)26-22-17/h6-7,10-11,13,20H,4-5,8-9H2,1-3H3,(H,21,22,25). The van der Waals surface area contributed by atoms with Crippen molar-refractivity contribution in [2.24, 2.45) is 0 Å². The molecule has 0 fully saturated rings. The molecule has 1 aromatic carbocycles. The Balaban J connectivity index is 1.68. The summed E-state index contributed by atoms with van der Waals surface area (Å²) in [5, 5.41) is 9.68. The van der Waals surface area contributed by atoms with E-state index in [9.17, 15) is 9.59 Å². The Bertz CT molecular complexity index is 815. The van der Waals surface area contributed by atoms with Crippen molar-refractivity contribution in [3.63, 3.8) is 0 Å². The fourth-order valence-electron chi connectivity index (χ4n) is 3.09. The van der Waals surface area contributed by atoms with E-state index in [1.807, 2.05) is 23.1 Å². The van der Waals surface area contributed by atoms with Crippen LogP contribution in [0.2, 0.25) is 0 Å². The summed E-state index contributed by atoms with van der Waals surface area (Å²) in [5.74, 6) is 1.02. The van der Waals surface area contributed by atoms with Crippen LogP contribution in [0.5, 0.6) is 0 Å². The Labute approximate surface area is 152 Å². The van der Waals surface area contributed by atoms with E-state index in [0.717, 1.165) is 36.3 Å². The predicted molar refractivity (Wildman–Crippen MR) is 100 cm³/mol. The molecule has 7 nitrogen and oxygen atoms in total. The third-order valence-electron chi connectivity index (χ3n) is 4.38. The number of carbonyl (C=O) groups is 2. The first-order valence-corrected chi connectivity index (χ1v) is 8.92. The monoisotopic (exact) mass is 356 g/mol. The number of aryl methyl sites for hydroxylation is 2. The first-order chi connectivity index (χ1) is 12.5. The lowest BCUT2D eigenvalue weighted by Gasteiger charge is -2.29. The average Bonchev–Trinajstić information content (AvgIpc) is 3.02. The van der Waals surface area contributed by atoms with Gasteiger partial charge in [-0.05, 0) is 50.5 Å². The van der Waals surface area contributed by atoms with Gasteiger partial charge >= 0.3 is 0 Å². The quantitative estimate of drug-likeness (QED) is 0.830. The molecule has 0 bridgehead atoms. The van der Waals surface area contributed by atoms with Crippen molar-refractivity contribution in [2.45, 2.75) is 46.1 Å². The maximum atomic E-state index is 12.3. The van der Waals surface area contributed by atoms with Gasteiger partial charge in [-0.1, -0.05) is 12.1 Å². The van der Waals surface area contributed by atoms with E-state index < -0.39 is 6.04 Å². The second-order valence-electron chi connectivity index (χ2n) is 6.57. The molecule has 0 saturated carbocycles. The van der Waals surface area contributed by atoms with Crippen LogP contribution in [0.1, 0.15) is 38.0 Å². The van der Waals surface area contributed by atoms with Gasteiger partial charge < -0.3 is 20.1 Å². The van der Waals surface area contributed by atoms with Crippen LogP contribution in [0.4, 0.5) is 17.2 Å². The maximum Gasteiger partial charge on any atom is 0.247 e. The van der Waals surface area contributed by atoms with Crippen molar-refractivity contribution in [1.82, 2.24) is 5.16 Å². The zero-order valence-corrected chi connectivity index (χ0v) is 15.3. The molecule has 0 aliphatic carbocycles. The number of amides is 2. The van der Waals surface area contributed by atoms with Crippen molar-refractivity contribution in [2.75, 3.05) is 22.1 Å². The summed E-state index contributed by atoms with van der Waals surface area (Å²) in [6, 6.07) is 7.11. The van der Waals surface area contributed by atoms with E-state index in [1.54, 1.807) is 19.9 Å². The predicted octanol–water partition coefficient (Wildman–Crippen LogP) is 3.11. The lowest BCUT2D eigenvalue weighted by molar-refractivity contribution is -0.119. The Morgan fingerprint density at radius 2 is 2.15 bits per heavy atom. The molecule has 2 aromatic rings. The lowest BCUT2D eigenvalue weighted by Crippen LogP contribution is -2.36. The van der Waals surface area contributed by atoms with E-state index in [-0.39, 0.29) is 11.8 Å². The van der Waals surface area contributed by atoms with Gasteiger partial charge in [0.2, 0.25) is 11.8 Å². The van der Waals surface area contributed by atoms with Crippen LogP contribution < -0.4 is 15.5 Å². The van der Waals surface area contributed by atoms with Crippen LogP contribution in [-0.4, -0.2) is 29.6 Å². The van der Waals surface area contributed by atoms with Gasteiger partial charge in [0.25, 0.3) is 0 Å². The van der Waals surface area contributed by atoms with Gasteiger partial charge in [0.1, 0.15) is 11.8 Å². The van der Waals surface area contributed by atoms with E-state index in [4.69, 9.17) is 4.52 Å². The van der Waals surface area contributed by atoms with Gasteiger partial charge in [-0.3, -0.25) is 9.59 Å². The molecule has 2 N–H and O–H groups in total. The maximum absolute atomic E-state index is 12.3. The Kier molecular flexibility index (Phi) is 5.25. The van der Waals surface area contributed by atoms with Gasteiger partial charge in [-0.25, -0.2) is 0 Å². The highest BCUT2D eigenvalue weighted by Crippen LogP contribution is 2.30. The minimum absolute atomic E-state index is 0.177. The fourth-order valence-corrected chi connectivity index (χ4v) is 3.09. The molecular weight excluding hydrogens is 332 g/mol. The van der Waals surface area contributed by atoms with Gasteiger partial charge in [-0.15, -0.1) is 0 Å². The van der Waals surface area contributed by atoms with Crippen LogP contribution in [-0.2, 0) is 16.0 Å². The van der Waals surface area contributed by atoms with Crippen LogP contribution in [0, 0.1) is 6.92 Å². The molecule has 1 atom stereocenters. The number of nitrogens with zero attached hydrogens (tertiary/aromatic N) is 2. The van der Waals surface area contributed by atoms with E-state index in [2.05, 4.69) is 22.7 Å². The Morgan fingerprint density at radius 1 is 1.35 bits per heavy atom. The molecule has 7 heteroatoms. The summed E-state index contributed by atoms with van der Waals surface area (Å²) in [4.78, 5) is 26.3. The zero-order valence-electron chi connectivity index (χ0n) is 15.3. The SMILES string of the molecule is CCCN1C(=O)CCc2cc(NC(C)C(=O)Nc3cc(C)on3)ccc21. The van der Waals surface area contributed by atoms with Crippen molar-refractivity contribution in [1.29, 1.82) is 0 Å². The summed E-state index contributed by atoms with van der Waals surface area (Å²) < 4.78 is 4.95. The second kappa shape index (κ2) is 7.59. The summed E-state index contributed by atoms with van der Waals surface area (Å²) in [6.45, 7) is 6.35. The lowest BCUT2D eigenvalue weighted by atomic mass is 10.00. The number of hydrogen-bond donors (Lipinski definition) is 2. The highest BCUT2D eigenvalue weighted by atomic mass is 16.5. The molecule has 2 heterocycles. The zero-order chi connectivity index (χ0) is 18.7. The number of rotatable bonds is 6. The number of benzene rings is 1. The van der Waals surface area contributed by atoms with Crippen LogP contribution in [0.3, 0.4) is 0 Å². The topological polar surface area (TPSA) is 87.5 Å². The first kappa shape index (κ1) is 18.0. The van der Waals surface area contributed by atoms with Crippen molar-refractivity contribution in [3.05, 3.63) is 35.6 Å². The van der Waals surface area contributed by atoms with Crippen molar-refractivity contribution < 1.29 is 14.1 Å². The van der Waals surface area contributed by atoms with Crippen molar-refractivity contribution >= 4 is 29.0 Å². The molecule has 1 aliphatic rings. The van der Waals surface area contributed by atoms with E-state index in [1.165, 1.54) is 0 Å². The minimum atomic E-state index is -0.443. The normalized spacial score (nSPS) is 14.7. The molecule has 0 spiro atoms. The van der Waals surface area contributed by atoms with Gasteiger partial charge in [0, 0.05) is 30.4 Å². The molecule has 1 aromatic heterocycles. The molecule has 1 aliphatic heterocycles. The van der Waals surface area contributed by atoms with Gasteiger partial charge in [0.15, 0.2) is 5.82 Å². The summed E-state index contributed by atoms with van der Waals surface area (Å²) >= 11 is 0. The number of aromatic nitrogens is 1. The number of fused-ring (bicyclic) bond motifs is 1. The summed E-state index contributed by atoms with van der Waals surface area (Å²) in [5.41, 5.74) is 2.96.